The third-order valence-electron chi connectivity index (χ3n) is 5.62. The molecule has 2 aromatic rings. The molecule has 0 bridgehead atoms. The Morgan fingerprint density at radius 3 is 3.00 bits per heavy atom. The maximum absolute atomic E-state index is 15.1. The van der Waals surface area contributed by atoms with Crippen LogP contribution in [0.4, 0.5) is 15.8 Å². The summed E-state index contributed by atoms with van der Waals surface area (Å²) in [6.07, 6.45) is 7.40. The Morgan fingerprint density at radius 1 is 1.55 bits per heavy atom. The van der Waals surface area contributed by atoms with Crippen molar-refractivity contribution in [3.8, 4) is 0 Å². The molecule has 2 aliphatic rings. The van der Waals surface area contributed by atoms with Crippen molar-refractivity contribution in [2.75, 3.05) is 23.9 Å². The van der Waals surface area contributed by atoms with Gasteiger partial charge in [-0.25, -0.2) is 8.91 Å². The third-order valence-corrected chi connectivity index (χ3v) is 5.62. The van der Waals surface area contributed by atoms with Gasteiger partial charge in [-0.3, -0.25) is 14.5 Å². The fourth-order valence-corrected chi connectivity index (χ4v) is 3.97. The van der Waals surface area contributed by atoms with Gasteiger partial charge in [-0.2, -0.15) is 5.10 Å². The summed E-state index contributed by atoms with van der Waals surface area (Å²) in [6.45, 7) is 3.92. The molecule has 2 aromatic heterocycles. The predicted molar refractivity (Wildman–Crippen MR) is 106 cm³/mol. The third kappa shape index (κ3) is 3.12. The van der Waals surface area contributed by atoms with Crippen molar-refractivity contribution < 1.29 is 18.7 Å². The van der Waals surface area contributed by atoms with Gasteiger partial charge < -0.3 is 15.8 Å². The molecule has 1 fully saturated rings. The average molecular weight is 399 g/mol. The lowest BCUT2D eigenvalue weighted by Crippen LogP contribution is -2.37. The molecule has 0 unspecified atom stereocenters. The molecule has 9 heteroatoms. The Balaban J connectivity index is 1.77. The molecule has 2 atom stereocenters. The van der Waals surface area contributed by atoms with Crippen molar-refractivity contribution in [2.45, 2.75) is 31.0 Å². The van der Waals surface area contributed by atoms with E-state index in [1.165, 1.54) is 34.9 Å². The summed E-state index contributed by atoms with van der Waals surface area (Å²) in [4.78, 5) is 25.8. The van der Waals surface area contributed by atoms with Crippen LogP contribution >= 0.6 is 0 Å². The lowest BCUT2D eigenvalue weighted by atomic mass is 9.99. The van der Waals surface area contributed by atoms with Gasteiger partial charge in [0.1, 0.15) is 11.4 Å². The zero-order valence-electron chi connectivity index (χ0n) is 16.0. The standard InChI is InChI=1S/C20H22FN5O3/c1-3-20(21)6-4-5-16(20)24-18-14(19(22)28)9-23-26-10-12(7-15(18)26)25-11-13(29-2)8-17(25)27/h3,7-10,16,24H,1,4-6,11H2,2H3,(H2,22,28)/t16-,20+/m1/s1. The first kappa shape index (κ1) is 19.0. The highest BCUT2D eigenvalue weighted by molar-refractivity contribution is 6.06. The minimum Gasteiger partial charge on any atom is -0.499 e. The largest absolute Gasteiger partial charge is 0.499 e. The van der Waals surface area contributed by atoms with E-state index in [-0.39, 0.29) is 11.5 Å². The molecule has 1 aliphatic heterocycles. The highest BCUT2D eigenvalue weighted by atomic mass is 19.1. The number of nitrogens with one attached hydrogen (secondary N) is 1. The summed E-state index contributed by atoms with van der Waals surface area (Å²) in [6, 6.07) is 1.17. The lowest BCUT2D eigenvalue weighted by Gasteiger charge is -2.26. The van der Waals surface area contributed by atoms with Crippen molar-refractivity contribution in [3.63, 3.8) is 0 Å². The number of hydrogen-bond donors (Lipinski definition) is 2. The molecule has 0 saturated heterocycles. The van der Waals surface area contributed by atoms with Crippen LogP contribution in [0, 0.1) is 0 Å². The topological polar surface area (TPSA) is 102 Å². The summed E-state index contributed by atoms with van der Waals surface area (Å²) < 4.78 is 21.8. The fraction of sp³-hybridized carbons (Fsp3) is 0.350. The maximum atomic E-state index is 15.1. The lowest BCUT2D eigenvalue weighted by molar-refractivity contribution is -0.113. The van der Waals surface area contributed by atoms with Crippen LogP contribution in [0.5, 0.6) is 0 Å². The van der Waals surface area contributed by atoms with Gasteiger partial charge in [0.05, 0.1) is 54.5 Å². The normalized spacial score (nSPS) is 24.1. The fourth-order valence-electron chi connectivity index (χ4n) is 3.97. The number of methoxy groups -OCH3 is 1. The SMILES string of the molecule is C=C[C@]1(F)CCC[C@H]1Nc1c(C(N)=O)cnn2cc(N3CC(OC)=CC3=O)cc12. The van der Waals surface area contributed by atoms with E-state index < -0.39 is 17.6 Å². The van der Waals surface area contributed by atoms with Crippen LogP contribution in [0.2, 0.25) is 0 Å². The Labute approximate surface area is 166 Å². The van der Waals surface area contributed by atoms with Crippen molar-refractivity contribution in [3.05, 3.63) is 48.5 Å². The molecule has 4 rings (SSSR count). The van der Waals surface area contributed by atoms with Crippen LogP contribution < -0.4 is 16.0 Å². The number of hydrogen-bond acceptors (Lipinski definition) is 5. The van der Waals surface area contributed by atoms with E-state index in [4.69, 9.17) is 10.5 Å². The van der Waals surface area contributed by atoms with Gasteiger partial charge in [0, 0.05) is 6.08 Å². The number of aromatic nitrogens is 2. The molecular weight excluding hydrogens is 377 g/mol. The minimum atomic E-state index is -1.58. The number of ether oxygens (including phenoxy) is 1. The molecule has 0 aromatic carbocycles. The Kier molecular flexibility index (Phi) is 4.52. The number of amides is 2. The number of nitrogens with two attached hydrogens (primary N) is 1. The zero-order valence-corrected chi connectivity index (χ0v) is 16.0. The molecule has 8 nitrogen and oxygen atoms in total. The number of primary amides is 1. The van der Waals surface area contributed by atoms with Crippen LogP contribution in [0.15, 0.2) is 43.0 Å². The first-order valence-electron chi connectivity index (χ1n) is 9.32. The van der Waals surface area contributed by atoms with Crippen LogP contribution in [-0.4, -0.2) is 46.8 Å². The number of halogens is 1. The molecule has 29 heavy (non-hydrogen) atoms. The first-order chi connectivity index (χ1) is 13.9. The number of alkyl halides is 1. The number of rotatable bonds is 6. The average Bonchev–Trinajstić information content (AvgIpc) is 3.39. The molecular formula is C20H22FN5O3. The Hall–Kier alpha value is -3.36. The molecule has 3 N–H and O–H groups in total. The van der Waals surface area contributed by atoms with Crippen LogP contribution in [0.3, 0.4) is 0 Å². The summed E-state index contributed by atoms with van der Waals surface area (Å²) in [5, 5.41) is 7.39. The Morgan fingerprint density at radius 2 is 2.34 bits per heavy atom. The van der Waals surface area contributed by atoms with Crippen LogP contribution in [-0.2, 0) is 9.53 Å². The minimum absolute atomic E-state index is 0.156. The number of anilines is 2. The van der Waals surface area contributed by atoms with Crippen molar-refractivity contribution in [1.29, 1.82) is 0 Å². The summed E-state index contributed by atoms with van der Waals surface area (Å²) in [7, 11) is 1.51. The predicted octanol–water partition coefficient (Wildman–Crippen LogP) is 2.17. The van der Waals surface area contributed by atoms with Gasteiger partial charge in [0.15, 0.2) is 0 Å². The number of carbonyl (C=O) groups excluding carboxylic acids is 2. The highest BCUT2D eigenvalue weighted by Crippen LogP contribution is 2.38. The van der Waals surface area contributed by atoms with E-state index in [1.54, 1.807) is 12.3 Å². The van der Waals surface area contributed by atoms with E-state index in [0.717, 1.165) is 0 Å². The van der Waals surface area contributed by atoms with Crippen molar-refractivity contribution in [1.82, 2.24) is 9.61 Å². The van der Waals surface area contributed by atoms with Gasteiger partial charge in [-0.15, -0.1) is 0 Å². The highest BCUT2D eigenvalue weighted by Gasteiger charge is 2.41. The summed E-state index contributed by atoms with van der Waals surface area (Å²) in [5.74, 6) is -0.340. The van der Waals surface area contributed by atoms with Gasteiger partial charge >= 0.3 is 0 Å². The molecule has 2 amide bonds. The smallest absolute Gasteiger partial charge is 0.254 e. The maximum Gasteiger partial charge on any atom is 0.254 e. The summed E-state index contributed by atoms with van der Waals surface area (Å²) >= 11 is 0. The van der Waals surface area contributed by atoms with Crippen LogP contribution in [0.1, 0.15) is 29.6 Å². The van der Waals surface area contributed by atoms with Crippen molar-refractivity contribution >= 4 is 28.7 Å². The molecule has 152 valence electrons. The summed E-state index contributed by atoms with van der Waals surface area (Å²) in [5.41, 5.74) is 5.61. The second kappa shape index (κ2) is 6.91. The zero-order chi connectivity index (χ0) is 20.8. The molecule has 3 heterocycles. The van der Waals surface area contributed by atoms with E-state index in [9.17, 15) is 9.59 Å². The first-order valence-corrected chi connectivity index (χ1v) is 9.32. The van der Waals surface area contributed by atoms with Gasteiger partial charge in [0.2, 0.25) is 0 Å². The monoisotopic (exact) mass is 399 g/mol. The Bertz CT molecular complexity index is 1050. The van der Waals surface area contributed by atoms with Crippen LogP contribution in [0.25, 0.3) is 5.52 Å². The van der Waals surface area contributed by atoms with Gasteiger partial charge in [0.25, 0.3) is 11.8 Å². The quantitative estimate of drug-likeness (QED) is 0.725. The van der Waals surface area contributed by atoms with E-state index in [2.05, 4.69) is 17.0 Å². The second-order valence-electron chi connectivity index (χ2n) is 7.28. The molecule has 0 radical (unpaired) electrons. The van der Waals surface area contributed by atoms with Crippen molar-refractivity contribution in [2.24, 2.45) is 5.73 Å². The number of fused-ring (bicyclic) bond motifs is 1. The second-order valence-corrected chi connectivity index (χ2v) is 7.28. The number of nitrogens with zero attached hydrogens (tertiary/aromatic N) is 3. The molecule has 1 saturated carbocycles. The van der Waals surface area contributed by atoms with E-state index in [0.29, 0.717) is 48.5 Å². The molecule has 0 spiro atoms. The molecule has 1 aliphatic carbocycles. The number of carbonyl (C=O) groups is 2. The van der Waals surface area contributed by atoms with E-state index >= 15 is 4.39 Å². The van der Waals surface area contributed by atoms with Gasteiger partial charge in [-0.1, -0.05) is 12.7 Å². The van der Waals surface area contributed by atoms with E-state index in [1.807, 2.05) is 0 Å². The van der Waals surface area contributed by atoms with Gasteiger partial charge in [-0.05, 0) is 25.3 Å².